The Labute approximate surface area is 123 Å². The average molecular weight is 348 g/mol. The average Bonchev–Trinajstić information content (AvgIpc) is 2.87. The highest BCUT2D eigenvalue weighted by Gasteiger charge is 2.13. The molecule has 1 aromatic rings. The van der Waals surface area contributed by atoms with E-state index in [-0.39, 0.29) is 18.2 Å². The summed E-state index contributed by atoms with van der Waals surface area (Å²) in [6.45, 7) is -0.104. The maximum Gasteiger partial charge on any atom is 0.374 e. The minimum Gasteiger partial charge on any atom is -0.469 e. The molecular formula is C12H14BrNO6. The Kier molecular flexibility index (Phi) is 6.78. The number of nitrogens with one attached hydrogen (secondary N) is 1. The first-order chi connectivity index (χ1) is 9.52. The SMILES string of the molecule is COC(=O)CCCNC(=O)COC(=O)c1ccc(Br)o1. The van der Waals surface area contributed by atoms with E-state index in [1.807, 2.05) is 0 Å². The molecular weight excluding hydrogens is 334 g/mol. The quantitative estimate of drug-likeness (QED) is 0.589. The Balaban J connectivity index is 2.17. The predicted molar refractivity (Wildman–Crippen MR) is 71.0 cm³/mol. The molecule has 1 rings (SSSR count). The number of furan rings is 1. The molecule has 0 aliphatic carbocycles. The van der Waals surface area contributed by atoms with Gasteiger partial charge >= 0.3 is 11.9 Å². The topological polar surface area (TPSA) is 94.8 Å². The van der Waals surface area contributed by atoms with Crippen LogP contribution < -0.4 is 5.32 Å². The minimum atomic E-state index is -0.722. The zero-order valence-electron chi connectivity index (χ0n) is 10.8. The summed E-state index contributed by atoms with van der Waals surface area (Å²) in [4.78, 5) is 33.6. The highest BCUT2D eigenvalue weighted by atomic mass is 79.9. The van der Waals surface area contributed by atoms with Gasteiger partial charge in [0.05, 0.1) is 7.11 Å². The van der Waals surface area contributed by atoms with Crippen molar-refractivity contribution in [2.24, 2.45) is 0 Å². The molecule has 1 amide bonds. The highest BCUT2D eigenvalue weighted by Crippen LogP contribution is 2.14. The van der Waals surface area contributed by atoms with Gasteiger partial charge in [-0.15, -0.1) is 0 Å². The first-order valence-corrected chi connectivity index (χ1v) is 6.58. The Morgan fingerprint density at radius 2 is 2.10 bits per heavy atom. The normalized spacial score (nSPS) is 9.90. The summed E-state index contributed by atoms with van der Waals surface area (Å²) in [6.07, 6.45) is 0.675. The van der Waals surface area contributed by atoms with E-state index < -0.39 is 18.5 Å². The molecule has 20 heavy (non-hydrogen) atoms. The lowest BCUT2D eigenvalue weighted by Gasteiger charge is -2.05. The van der Waals surface area contributed by atoms with Crippen LogP contribution in [0.3, 0.4) is 0 Å². The predicted octanol–water partition coefficient (Wildman–Crippen LogP) is 1.27. The molecule has 1 N–H and O–H groups in total. The maximum absolute atomic E-state index is 11.4. The highest BCUT2D eigenvalue weighted by molar-refractivity contribution is 9.10. The molecule has 0 unspecified atom stereocenters. The van der Waals surface area contributed by atoms with Crippen LogP contribution in [0, 0.1) is 0 Å². The van der Waals surface area contributed by atoms with Crippen molar-refractivity contribution in [2.45, 2.75) is 12.8 Å². The number of carbonyl (C=O) groups is 3. The Hall–Kier alpha value is -1.83. The van der Waals surface area contributed by atoms with Crippen LogP contribution in [-0.2, 0) is 19.1 Å². The van der Waals surface area contributed by atoms with E-state index in [1.165, 1.54) is 13.2 Å². The number of hydrogen-bond acceptors (Lipinski definition) is 6. The summed E-state index contributed by atoms with van der Waals surface area (Å²) < 4.78 is 14.6. The van der Waals surface area contributed by atoms with Crippen LogP contribution in [0.2, 0.25) is 0 Å². The first-order valence-electron chi connectivity index (χ1n) is 5.79. The van der Waals surface area contributed by atoms with Crippen molar-refractivity contribution >= 4 is 33.8 Å². The third kappa shape index (κ3) is 5.87. The van der Waals surface area contributed by atoms with Gasteiger partial charge in [0.25, 0.3) is 5.91 Å². The molecule has 0 fully saturated rings. The van der Waals surface area contributed by atoms with Gasteiger partial charge in [-0.3, -0.25) is 9.59 Å². The van der Waals surface area contributed by atoms with Crippen LogP contribution in [0.1, 0.15) is 23.4 Å². The number of halogens is 1. The van der Waals surface area contributed by atoms with Crippen molar-refractivity contribution < 1.29 is 28.3 Å². The molecule has 0 saturated carbocycles. The smallest absolute Gasteiger partial charge is 0.374 e. The van der Waals surface area contributed by atoms with Gasteiger partial charge < -0.3 is 19.2 Å². The van der Waals surface area contributed by atoms with Crippen molar-refractivity contribution in [3.63, 3.8) is 0 Å². The number of esters is 2. The molecule has 8 heteroatoms. The molecule has 110 valence electrons. The molecule has 0 atom stereocenters. The number of amides is 1. The number of hydrogen-bond donors (Lipinski definition) is 1. The molecule has 0 saturated heterocycles. The second-order valence-corrected chi connectivity index (χ2v) is 4.49. The summed E-state index contributed by atoms with van der Waals surface area (Å²) in [5, 5.41) is 2.51. The van der Waals surface area contributed by atoms with Crippen molar-refractivity contribution in [3.8, 4) is 0 Å². The minimum absolute atomic E-state index is 0.00960. The van der Waals surface area contributed by atoms with Gasteiger partial charge in [0.1, 0.15) is 0 Å². The van der Waals surface area contributed by atoms with Gasteiger partial charge in [0.2, 0.25) is 5.76 Å². The van der Waals surface area contributed by atoms with Gasteiger partial charge in [-0.05, 0) is 34.5 Å². The second-order valence-electron chi connectivity index (χ2n) is 3.71. The van der Waals surface area contributed by atoms with E-state index in [2.05, 4.69) is 26.0 Å². The number of methoxy groups -OCH3 is 1. The molecule has 0 bridgehead atoms. The Bertz CT molecular complexity index is 484. The van der Waals surface area contributed by atoms with Crippen molar-refractivity contribution in [1.82, 2.24) is 5.32 Å². The van der Waals surface area contributed by atoms with Crippen molar-refractivity contribution in [2.75, 3.05) is 20.3 Å². The van der Waals surface area contributed by atoms with Crippen LogP contribution in [0.25, 0.3) is 0 Å². The van der Waals surface area contributed by atoms with E-state index in [0.29, 0.717) is 17.6 Å². The zero-order chi connectivity index (χ0) is 15.0. The Morgan fingerprint density at radius 1 is 1.35 bits per heavy atom. The number of carbonyl (C=O) groups excluding carboxylic acids is 3. The second kappa shape index (κ2) is 8.36. The lowest BCUT2D eigenvalue weighted by Crippen LogP contribution is -2.29. The van der Waals surface area contributed by atoms with Crippen LogP contribution >= 0.6 is 15.9 Å². The lowest BCUT2D eigenvalue weighted by molar-refractivity contribution is -0.140. The number of ether oxygens (including phenoxy) is 2. The van der Waals surface area contributed by atoms with Gasteiger partial charge in [0, 0.05) is 13.0 Å². The van der Waals surface area contributed by atoms with E-state index >= 15 is 0 Å². The monoisotopic (exact) mass is 347 g/mol. The molecule has 1 aromatic heterocycles. The molecule has 0 spiro atoms. The maximum atomic E-state index is 11.4. The van der Waals surface area contributed by atoms with E-state index in [4.69, 9.17) is 9.15 Å². The zero-order valence-corrected chi connectivity index (χ0v) is 12.4. The Morgan fingerprint density at radius 3 is 2.70 bits per heavy atom. The fraction of sp³-hybridized carbons (Fsp3) is 0.417. The van der Waals surface area contributed by atoms with Crippen molar-refractivity contribution in [1.29, 1.82) is 0 Å². The molecule has 0 aliphatic heterocycles. The molecule has 7 nitrogen and oxygen atoms in total. The van der Waals surface area contributed by atoms with Crippen LogP contribution in [0.5, 0.6) is 0 Å². The number of rotatable bonds is 7. The standard InChI is InChI=1S/C12H14BrNO6/c1-18-11(16)3-2-6-14-10(15)7-19-12(17)8-4-5-9(13)20-8/h4-5H,2-3,6-7H2,1H3,(H,14,15). The molecule has 1 heterocycles. The summed E-state index contributed by atoms with van der Waals surface area (Å²) >= 11 is 3.05. The molecule has 0 aromatic carbocycles. The van der Waals surface area contributed by atoms with Crippen LogP contribution in [-0.4, -0.2) is 38.1 Å². The van der Waals surface area contributed by atoms with E-state index in [1.54, 1.807) is 6.07 Å². The molecule has 0 radical (unpaired) electrons. The van der Waals surface area contributed by atoms with E-state index in [9.17, 15) is 14.4 Å². The van der Waals surface area contributed by atoms with Crippen LogP contribution in [0.4, 0.5) is 0 Å². The first kappa shape index (κ1) is 16.2. The summed E-state index contributed by atoms with van der Waals surface area (Å²) in [7, 11) is 1.30. The van der Waals surface area contributed by atoms with Crippen LogP contribution in [0.15, 0.2) is 21.2 Å². The van der Waals surface area contributed by atoms with Gasteiger partial charge in [-0.2, -0.15) is 0 Å². The molecule has 0 aliphatic rings. The summed E-state index contributed by atoms with van der Waals surface area (Å²) in [5.74, 6) is -1.50. The van der Waals surface area contributed by atoms with Gasteiger partial charge in [0.15, 0.2) is 11.3 Å². The van der Waals surface area contributed by atoms with Crippen molar-refractivity contribution in [3.05, 3.63) is 22.6 Å². The largest absolute Gasteiger partial charge is 0.469 e. The summed E-state index contributed by atoms with van der Waals surface area (Å²) in [5.41, 5.74) is 0. The summed E-state index contributed by atoms with van der Waals surface area (Å²) in [6, 6.07) is 2.98. The van der Waals surface area contributed by atoms with E-state index in [0.717, 1.165) is 0 Å². The third-order valence-corrected chi connectivity index (χ3v) is 2.64. The lowest BCUT2D eigenvalue weighted by atomic mass is 10.3. The fourth-order valence-electron chi connectivity index (χ4n) is 1.24. The van der Waals surface area contributed by atoms with Gasteiger partial charge in [-0.1, -0.05) is 0 Å². The van der Waals surface area contributed by atoms with Gasteiger partial charge in [-0.25, -0.2) is 4.79 Å². The third-order valence-electron chi connectivity index (χ3n) is 2.22. The fourth-order valence-corrected chi connectivity index (χ4v) is 1.55.